The number of sulfonamides is 1. The van der Waals surface area contributed by atoms with Crippen LogP contribution >= 0.6 is 0 Å². The van der Waals surface area contributed by atoms with Crippen molar-refractivity contribution in [3.8, 4) is 0 Å². The molecular formula is C17H19N3O3S. The van der Waals surface area contributed by atoms with E-state index in [1.54, 1.807) is 47.4 Å². The fourth-order valence-electron chi connectivity index (χ4n) is 2.64. The summed E-state index contributed by atoms with van der Waals surface area (Å²) in [6.07, 6.45) is 0.874. The summed E-state index contributed by atoms with van der Waals surface area (Å²) in [5.41, 5.74) is 1.54. The van der Waals surface area contributed by atoms with Crippen LogP contribution in [0.25, 0.3) is 0 Å². The number of benzene rings is 2. The Hall–Kier alpha value is -2.54. The summed E-state index contributed by atoms with van der Waals surface area (Å²) < 4.78 is 27.2. The van der Waals surface area contributed by atoms with Crippen molar-refractivity contribution in [2.45, 2.75) is 4.90 Å². The topological polar surface area (TPSA) is 69.7 Å². The quantitative estimate of drug-likeness (QED) is 0.839. The predicted octanol–water partition coefficient (Wildman–Crippen LogP) is 1.77. The third kappa shape index (κ3) is 3.68. The molecular weight excluding hydrogens is 326 g/mol. The molecule has 0 unspecified atom stereocenters. The molecule has 24 heavy (non-hydrogen) atoms. The molecule has 126 valence electrons. The molecule has 1 aliphatic heterocycles. The lowest BCUT2D eigenvalue weighted by molar-refractivity contribution is -0.118. The van der Waals surface area contributed by atoms with Gasteiger partial charge in [-0.05, 0) is 36.4 Å². The van der Waals surface area contributed by atoms with Crippen LogP contribution in [-0.4, -0.2) is 45.9 Å². The number of rotatable bonds is 5. The molecule has 1 N–H and O–H groups in total. The van der Waals surface area contributed by atoms with Crippen LogP contribution in [0.15, 0.2) is 59.5 Å². The average molecular weight is 345 g/mol. The minimum absolute atomic E-state index is 0.235. The smallest absolute Gasteiger partial charge is 0.261 e. The Morgan fingerprint density at radius 3 is 2.08 bits per heavy atom. The van der Waals surface area contributed by atoms with E-state index in [1.807, 2.05) is 12.1 Å². The first-order chi connectivity index (χ1) is 11.6. The lowest BCUT2D eigenvalue weighted by Gasteiger charge is -2.34. The van der Waals surface area contributed by atoms with Gasteiger partial charge in [0.15, 0.2) is 0 Å². The highest BCUT2D eigenvalue weighted by molar-refractivity contribution is 7.92. The van der Waals surface area contributed by atoms with Gasteiger partial charge in [-0.1, -0.05) is 18.2 Å². The van der Waals surface area contributed by atoms with Crippen molar-refractivity contribution in [2.75, 3.05) is 35.8 Å². The maximum Gasteiger partial charge on any atom is 0.261 e. The van der Waals surface area contributed by atoms with Gasteiger partial charge in [-0.3, -0.25) is 9.52 Å². The summed E-state index contributed by atoms with van der Waals surface area (Å²) in [5.74, 6) is 0. The molecule has 1 fully saturated rings. The summed E-state index contributed by atoms with van der Waals surface area (Å²) >= 11 is 0. The molecule has 0 spiro atoms. The number of nitrogens with zero attached hydrogens (tertiary/aromatic N) is 2. The number of anilines is 2. The molecule has 1 heterocycles. The zero-order valence-electron chi connectivity index (χ0n) is 13.1. The SMILES string of the molecule is O=CN1CCN(c2ccc(NS(=O)(=O)c3ccccc3)cc2)CC1. The maximum absolute atomic E-state index is 12.3. The molecule has 1 saturated heterocycles. The molecule has 0 atom stereocenters. The number of hydrogen-bond acceptors (Lipinski definition) is 4. The van der Waals surface area contributed by atoms with Gasteiger partial charge in [0, 0.05) is 37.6 Å². The minimum Gasteiger partial charge on any atom is -0.368 e. The van der Waals surface area contributed by atoms with Gasteiger partial charge < -0.3 is 9.80 Å². The summed E-state index contributed by atoms with van der Waals surface area (Å²) in [6, 6.07) is 15.6. The zero-order chi connectivity index (χ0) is 17.0. The second kappa shape index (κ2) is 6.92. The average Bonchev–Trinajstić information content (AvgIpc) is 2.63. The van der Waals surface area contributed by atoms with Crippen LogP contribution in [-0.2, 0) is 14.8 Å². The second-order valence-corrected chi connectivity index (χ2v) is 7.28. The Balaban J connectivity index is 1.68. The third-order valence-corrected chi connectivity index (χ3v) is 5.40. The molecule has 7 heteroatoms. The van der Waals surface area contributed by atoms with Crippen molar-refractivity contribution in [3.63, 3.8) is 0 Å². The molecule has 0 bridgehead atoms. The van der Waals surface area contributed by atoms with Gasteiger partial charge in [0.2, 0.25) is 6.41 Å². The van der Waals surface area contributed by atoms with Crippen molar-refractivity contribution >= 4 is 27.8 Å². The van der Waals surface area contributed by atoms with Crippen molar-refractivity contribution in [1.82, 2.24) is 4.90 Å². The first-order valence-electron chi connectivity index (χ1n) is 7.71. The molecule has 0 aliphatic carbocycles. The summed E-state index contributed by atoms with van der Waals surface area (Å²) in [6.45, 7) is 2.94. The second-order valence-electron chi connectivity index (χ2n) is 5.59. The highest BCUT2D eigenvalue weighted by atomic mass is 32.2. The van der Waals surface area contributed by atoms with E-state index in [4.69, 9.17) is 0 Å². The number of carbonyl (C=O) groups excluding carboxylic acids is 1. The number of hydrogen-bond donors (Lipinski definition) is 1. The van der Waals surface area contributed by atoms with E-state index < -0.39 is 10.0 Å². The highest BCUT2D eigenvalue weighted by Gasteiger charge is 2.16. The third-order valence-electron chi connectivity index (χ3n) is 4.00. The van der Waals surface area contributed by atoms with Gasteiger partial charge in [0.1, 0.15) is 0 Å². The van der Waals surface area contributed by atoms with Gasteiger partial charge in [-0.15, -0.1) is 0 Å². The Morgan fingerprint density at radius 2 is 1.50 bits per heavy atom. The van der Waals surface area contributed by atoms with Crippen LogP contribution in [0.2, 0.25) is 0 Å². The molecule has 0 aromatic heterocycles. The number of piperazine rings is 1. The zero-order valence-corrected chi connectivity index (χ0v) is 13.9. The normalized spacial score (nSPS) is 15.2. The van der Waals surface area contributed by atoms with E-state index in [0.29, 0.717) is 18.8 Å². The fraction of sp³-hybridized carbons (Fsp3) is 0.235. The number of amides is 1. The molecule has 1 amide bonds. The number of carbonyl (C=O) groups is 1. The van der Waals surface area contributed by atoms with Crippen LogP contribution in [0, 0.1) is 0 Å². The summed E-state index contributed by atoms with van der Waals surface area (Å²) in [5, 5.41) is 0. The van der Waals surface area contributed by atoms with Crippen molar-refractivity contribution < 1.29 is 13.2 Å². The van der Waals surface area contributed by atoms with E-state index in [9.17, 15) is 13.2 Å². The van der Waals surface area contributed by atoms with Crippen molar-refractivity contribution in [3.05, 3.63) is 54.6 Å². The van der Waals surface area contributed by atoms with Crippen molar-refractivity contribution in [1.29, 1.82) is 0 Å². The molecule has 6 nitrogen and oxygen atoms in total. The van der Waals surface area contributed by atoms with Crippen LogP contribution in [0.1, 0.15) is 0 Å². The Bertz CT molecular complexity index is 784. The fourth-order valence-corrected chi connectivity index (χ4v) is 3.72. The lowest BCUT2D eigenvalue weighted by atomic mass is 10.2. The first kappa shape index (κ1) is 16.3. The largest absolute Gasteiger partial charge is 0.368 e. The molecule has 0 saturated carbocycles. The van der Waals surface area contributed by atoms with Crippen LogP contribution in [0.3, 0.4) is 0 Å². The first-order valence-corrected chi connectivity index (χ1v) is 9.19. The van der Waals surface area contributed by atoms with Gasteiger partial charge in [0.25, 0.3) is 10.0 Å². The Morgan fingerprint density at radius 1 is 0.875 bits per heavy atom. The van der Waals surface area contributed by atoms with Crippen LogP contribution < -0.4 is 9.62 Å². The molecule has 2 aromatic rings. The highest BCUT2D eigenvalue weighted by Crippen LogP contribution is 2.21. The monoisotopic (exact) mass is 345 g/mol. The van der Waals surface area contributed by atoms with E-state index in [1.165, 1.54) is 0 Å². The van der Waals surface area contributed by atoms with Gasteiger partial charge in [0.05, 0.1) is 4.90 Å². The minimum atomic E-state index is -3.57. The Kier molecular flexibility index (Phi) is 4.71. The predicted molar refractivity (Wildman–Crippen MR) is 93.5 cm³/mol. The molecule has 1 aliphatic rings. The van der Waals surface area contributed by atoms with E-state index >= 15 is 0 Å². The Labute approximate surface area is 141 Å². The number of nitrogens with one attached hydrogen (secondary N) is 1. The standard InChI is InChI=1S/C17H19N3O3S/c21-14-19-10-12-20(13-11-19)16-8-6-15(7-9-16)18-24(22,23)17-4-2-1-3-5-17/h1-9,14,18H,10-13H2. The summed E-state index contributed by atoms with van der Waals surface area (Å²) in [7, 11) is -3.57. The maximum atomic E-state index is 12.3. The summed E-state index contributed by atoms with van der Waals surface area (Å²) in [4.78, 5) is 14.9. The lowest BCUT2D eigenvalue weighted by Crippen LogP contribution is -2.45. The van der Waals surface area contributed by atoms with Crippen molar-refractivity contribution in [2.24, 2.45) is 0 Å². The van der Waals surface area contributed by atoms with Crippen LogP contribution in [0.5, 0.6) is 0 Å². The van der Waals surface area contributed by atoms with Gasteiger partial charge in [-0.25, -0.2) is 8.42 Å². The van der Waals surface area contributed by atoms with E-state index in [-0.39, 0.29) is 4.90 Å². The van der Waals surface area contributed by atoms with Gasteiger partial charge in [-0.2, -0.15) is 0 Å². The van der Waals surface area contributed by atoms with Crippen LogP contribution in [0.4, 0.5) is 11.4 Å². The molecule has 3 rings (SSSR count). The van der Waals surface area contributed by atoms with Gasteiger partial charge >= 0.3 is 0 Å². The molecule has 2 aromatic carbocycles. The molecule has 0 radical (unpaired) electrons. The van der Waals surface area contributed by atoms with E-state index in [2.05, 4.69) is 9.62 Å². The van der Waals surface area contributed by atoms with E-state index in [0.717, 1.165) is 25.2 Å².